The molecule has 6 heteroatoms. The first-order chi connectivity index (χ1) is 7.56. The summed E-state index contributed by atoms with van der Waals surface area (Å²) in [6.45, 7) is 3.86. The summed E-state index contributed by atoms with van der Waals surface area (Å²) in [6, 6.07) is 6.84. The summed E-state index contributed by atoms with van der Waals surface area (Å²) in [5.41, 5.74) is 0. The van der Waals surface area contributed by atoms with E-state index in [4.69, 9.17) is 0 Å². The molecule has 0 saturated heterocycles. The highest BCUT2D eigenvalue weighted by molar-refractivity contribution is 14.1. The molecule has 0 fully saturated rings. The number of likely N-dealkylation sites (N-methyl/N-ethyl adjacent to an activating group) is 1. The van der Waals surface area contributed by atoms with Crippen LogP contribution in [0.3, 0.4) is 0 Å². The summed E-state index contributed by atoms with van der Waals surface area (Å²) in [4.78, 5) is 0.316. The van der Waals surface area contributed by atoms with Gasteiger partial charge in [-0.25, -0.2) is 13.1 Å². The van der Waals surface area contributed by atoms with E-state index in [-0.39, 0.29) is 0 Å². The van der Waals surface area contributed by atoms with Crippen LogP contribution in [-0.4, -0.2) is 28.1 Å². The Balaban J connectivity index is 2.64. The Morgan fingerprint density at radius 2 is 2.06 bits per heavy atom. The lowest BCUT2D eigenvalue weighted by Gasteiger charge is -2.07. The zero-order valence-electron chi connectivity index (χ0n) is 9.03. The quantitative estimate of drug-likeness (QED) is 0.596. The Labute approximate surface area is 110 Å². The first-order valence-electron chi connectivity index (χ1n) is 5.02. The van der Waals surface area contributed by atoms with Crippen LogP contribution < -0.4 is 10.0 Å². The number of hydrogen-bond donors (Lipinski definition) is 2. The van der Waals surface area contributed by atoms with Crippen LogP contribution in [-0.2, 0) is 10.0 Å². The molecule has 0 radical (unpaired) electrons. The first-order valence-corrected chi connectivity index (χ1v) is 7.58. The van der Waals surface area contributed by atoms with E-state index >= 15 is 0 Å². The molecule has 0 unspecified atom stereocenters. The van der Waals surface area contributed by atoms with E-state index < -0.39 is 10.0 Å². The number of rotatable bonds is 6. The fourth-order valence-corrected chi connectivity index (χ4v) is 3.00. The van der Waals surface area contributed by atoms with Gasteiger partial charge in [0.2, 0.25) is 10.0 Å². The van der Waals surface area contributed by atoms with Crippen molar-refractivity contribution >= 4 is 32.6 Å². The predicted molar refractivity (Wildman–Crippen MR) is 72.9 cm³/mol. The topological polar surface area (TPSA) is 58.2 Å². The van der Waals surface area contributed by atoms with Crippen LogP contribution in [0.2, 0.25) is 0 Å². The van der Waals surface area contributed by atoms with Crippen molar-refractivity contribution < 1.29 is 8.42 Å². The minimum Gasteiger partial charge on any atom is -0.316 e. The van der Waals surface area contributed by atoms with Gasteiger partial charge in [-0.2, -0.15) is 0 Å². The highest BCUT2D eigenvalue weighted by Crippen LogP contribution is 2.12. The molecule has 16 heavy (non-hydrogen) atoms. The Morgan fingerprint density at radius 1 is 1.31 bits per heavy atom. The molecular weight excluding hydrogens is 339 g/mol. The van der Waals surface area contributed by atoms with E-state index in [1.165, 1.54) is 0 Å². The normalized spacial score (nSPS) is 11.6. The van der Waals surface area contributed by atoms with Gasteiger partial charge in [-0.15, -0.1) is 0 Å². The highest BCUT2D eigenvalue weighted by atomic mass is 127. The van der Waals surface area contributed by atoms with Gasteiger partial charge >= 0.3 is 0 Å². The van der Waals surface area contributed by atoms with Gasteiger partial charge in [-0.3, -0.25) is 0 Å². The average molecular weight is 354 g/mol. The molecule has 0 saturated carbocycles. The SMILES string of the molecule is CCNCCNS(=O)(=O)c1cccc(I)c1. The van der Waals surface area contributed by atoms with Crippen LogP contribution in [0.5, 0.6) is 0 Å². The number of halogens is 1. The maximum atomic E-state index is 11.8. The minimum atomic E-state index is -3.36. The molecule has 0 amide bonds. The highest BCUT2D eigenvalue weighted by Gasteiger charge is 2.12. The van der Waals surface area contributed by atoms with Crippen molar-refractivity contribution in [1.82, 2.24) is 10.0 Å². The van der Waals surface area contributed by atoms with Gasteiger partial charge in [-0.05, 0) is 47.3 Å². The number of benzene rings is 1. The maximum Gasteiger partial charge on any atom is 0.240 e. The third-order valence-corrected chi connectivity index (χ3v) is 4.08. The first kappa shape index (κ1) is 13.9. The van der Waals surface area contributed by atoms with Gasteiger partial charge in [0.1, 0.15) is 0 Å². The second kappa shape index (κ2) is 6.53. The van der Waals surface area contributed by atoms with E-state index in [0.717, 1.165) is 10.1 Å². The van der Waals surface area contributed by atoms with Crippen LogP contribution >= 0.6 is 22.6 Å². The van der Waals surface area contributed by atoms with Crippen molar-refractivity contribution in [3.05, 3.63) is 27.8 Å². The Hall–Kier alpha value is -0.180. The van der Waals surface area contributed by atoms with Crippen LogP contribution in [0, 0.1) is 3.57 Å². The molecule has 0 heterocycles. The largest absolute Gasteiger partial charge is 0.316 e. The van der Waals surface area contributed by atoms with Crippen molar-refractivity contribution in [3.8, 4) is 0 Å². The molecule has 0 bridgehead atoms. The Bertz CT molecular complexity index is 434. The lowest BCUT2D eigenvalue weighted by Crippen LogP contribution is -2.31. The smallest absolute Gasteiger partial charge is 0.240 e. The molecule has 0 aliphatic carbocycles. The maximum absolute atomic E-state index is 11.8. The van der Waals surface area contributed by atoms with Crippen LogP contribution in [0.1, 0.15) is 6.92 Å². The monoisotopic (exact) mass is 354 g/mol. The molecule has 1 aromatic carbocycles. The molecule has 0 spiro atoms. The fourth-order valence-electron chi connectivity index (χ4n) is 1.17. The van der Waals surface area contributed by atoms with Crippen LogP contribution in [0.25, 0.3) is 0 Å². The fraction of sp³-hybridized carbons (Fsp3) is 0.400. The van der Waals surface area contributed by atoms with Gasteiger partial charge in [0.15, 0.2) is 0 Å². The van der Waals surface area contributed by atoms with E-state index in [9.17, 15) is 8.42 Å². The molecule has 1 aromatic rings. The lowest BCUT2D eigenvalue weighted by atomic mass is 10.4. The number of sulfonamides is 1. The van der Waals surface area contributed by atoms with Crippen LogP contribution in [0.4, 0.5) is 0 Å². The summed E-state index contributed by atoms with van der Waals surface area (Å²) in [6.07, 6.45) is 0. The van der Waals surface area contributed by atoms with Crippen molar-refractivity contribution in [2.45, 2.75) is 11.8 Å². The summed E-state index contributed by atoms with van der Waals surface area (Å²) >= 11 is 2.09. The van der Waals surface area contributed by atoms with Crippen LogP contribution in [0.15, 0.2) is 29.2 Å². The van der Waals surface area contributed by atoms with Crippen molar-refractivity contribution in [2.75, 3.05) is 19.6 Å². The van der Waals surface area contributed by atoms with Gasteiger partial charge in [0.05, 0.1) is 4.90 Å². The molecule has 90 valence electrons. The van der Waals surface area contributed by atoms with Gasteiger partial charge in [0.25, 0.3) is 0 Å². The van der Waals surface area contributed by atoms with Crippen molar-refractivity contribution in [2.24, 2.45) is 0 Å². The molecule has 0 aliphatic rings. The zero-order valence-corrected chi connectivity index (χ0v) is 12.0. The van der Waals surface area contributed by atoms with Gasteiger partial charge in [0, 0.05) is 16.7 Å². The summed E-state index contributed by atoms with van der Waals surface area (Å²) in [7, 11) is -3.36. The second-order valence-electron chi connectivity index (χ2n) is 3.21. The standard InChI is InChI=1S/C10H15IN2O2S/c1-2-12-6-7-13-16(14,15)10-5-3-4-9(11)8-10/h3-5,8,12-13H,2,6-7H2,1H3. The molecule has 4 nitrogen and oxygen atoms in total. The predicted octanol–water partition coefficient (Wildman–Crippen LogP) is 1.18. The molecule has 0 aromatic heterocycles. The molecule has 1 rings (SSSR count). The second-order valence-corrected chi connectivity index (χ2v) is 6.22. The third-order valence-electron chi connectivity index (χ3n) is 1.95. The summed E-state index contributed by atoms with van der Waals surface area (Å²) < 4.78 is 27.1. The van der Waals surface area contributed by atoms with E-state index in [1.54, 1.807) is 18.2 Å². The molecule has 0 aliphatic heterocycles. The summed E-state index contributed by atoms with van der Waals surface area (Å²) in [5, 5.41) is 3.06. The Kier molecular flexibility index (Phi) is 5.67. The number of nitrogens with one attached hydrogen (secondary N) is 2. The zero-order chi connectivity index (χ0) is 12.0. The molecular formula is C10H15IN2O2S. The van der Waals surface area contributed by atoms with E-state index in [1.807, 2.05) is 13.0 Å². The summed E-state index contributed by atoms with van der Waals surface area (Å²) in [5.74, 6) is 0. The van der Waals surface area contributed by atoms with E-state index in [0.29, 0.717) is 18.0 Å². The third kappa shape index (κ3) is 4.36. The average Bonchev–Trinajstić information content (AvgIpc) is 2.24. The van der Waals surface area contributed by atoms with Crippen molar-refractivity contribution in [1.29, 1.82) is 0 Å². The lowest BCUT2D eigenvalue weighted by molar-refractivity contribution is 0.577. The Morgan fingerprint density at radius 3 is 2.69 bits per heavy atom. The van der Waals surface area contributed by atoms with Crippen molar-refractivity contribution in [3.63, 3.8) is 0 Å². The molecule has 2 N–H and O–H groups in total. The molecule has 0 atom stereocenters. The van der Waals surface area contributed by atoms with Gasteiger partial charge in [-0.1, -0.05) is 13.0 Å². The minimum absolute atomic E-state index is 0.316. The van der Waals surface area contributed by atoms with Gasteiger partial charge < -0.3 is 5.32 Å². The van der Waals surface area contributed by atoms with E-state index in [2.05, 4.69) is 32.6 Å². The number of hydrogen-bond acceptors (Lipinski definition) is 3.